The zero-order chi connectivity index (χ0) is 17.4. The lowest BCUT2D eigenvalue weighted by Gasteiger charge is -2.28. The molecule has 0 saturated heterocycles. The number of amides is 2. The number of rotatable bonds is 9. The Labute approximate surface area is 138 Å². The molecule has 1 rings (SSSR count). The lowest BCUT2D eigenvalue weighted by atomic mass is 9.93. The maximum atomic E-state index is 12.1. The Bertz CT molecular complexity index is 555. The molecule has 0 spiro atoms. The van der Waals surface area contributed by atoms with Crippen molar-refractivity contribution in [3.8, 4) is 0 Å². The van der Waals surface area contributed by atoms with E-state index in [0.717, 1.165) is 17.4 Å². The van der Waals surface area contributed by atoms with Crippen LogP contribution < -0.4 is 5.32 Å². The van der Waals surface area contributed by atoms with Gasteiger partial charge in [0, 0.05) is 20.0 Å². The van der Waals surface area contributed by atoms with Crippen LogP contribution in [0, 0.1) is 6.92 Å². The van der Waals surface area contributed by atoms with Crippen LogP contribution in [0.2, 0.25) is 0 Å². The van der Waals surface area contributed by atoms with Gasteiger partial charge in [0.2, 0.25) is 12.3 Å². The largest absolute Gasteiger partial charge is 0.357 e. The number of carbonyl (C=O) groups is 3. The van der Waals surface area contributed by atoms with Gasteiger partial charge in [-0.3, -0.25) is 9.59 Å². The third kappa shape index (κ3) is 4.91. The molecule has 1 atom stereocenters. The molecule has 1 aromatic rings. The zero-order valence-corrected chi connectivity index (χ0v) is 14.3. The van der Waals surface area contributed by atoms with Crippen LogP contribution >= 0.6 is 0 Å². The molecule has 2 amide bonds. The lowest BCUT2D eigenvalue weighted by molar-refractivity contribution is -0.133. The highest BCUT2D eigenvalue weighted by atomic mass is 16.2. The van der Waals surface area contributed by atoms with Gasteiger partial charge in [0.1, 0.15) is 12.3 Å². The highest BCUT2D eigenvalue weighted by Gasteiger charge is 2.25. The first-order valence-corrected chi connectivity index (χ1v) is 7.90. The van der Waals surface area contributed by atoms with E-state index in [4.69, 9.17) is 0 Å². The van der Waals surface area contributed by atoms with Crippen LogP contribution in [-0.4, -0.2) is 36.6 Å². The highest BCUT2D eigenvalue weighted by Crippen LogP contribution is 2.24. The van der Waals surface area contributed by atoms with Crippen LogP contribution in [0.15, 0.2) is 18.2 Å². The van der Waals surface area contributed by atoms with Gasteiger partial charge in [0.25, 0.3) is 0 Å². The van der Waals surface area contributed by atoms with Gasteiger partial charge < -0.3 is 15.0 Å². The first kappa shape index (κ1) is 18.9. The van der Waals surface area contributed by atoms with E-state index in [1.165, 1.54) is 17.5 Å². The van der Waals surface area contributed by atoms with E-state index in [1.54, 1.807) is 0 Å². The third-order valence-corrected chi connectivity index (χ3v) is 4.05. The summed E-state index contributed by atoms with van der Waals surface area (Å²) < 4.78 is 0. The maximum Gasteiger partial charge on any atom is 0.242 e. The minimum absolute atomic E-state index is 0.243. The maximum absolute atomic E-state index is 12.1. The fourth-order valence-corrected chi connectivity index (χ4v) is 2.73. The molecule has 0 fully saturated rings. The molecule has 0 aliphatic rings. The van der Waals surface area contributed by atoms with Gasteiger partial charge in [0.15, 0.2) is 0 Å². The van der Waals surface area contributed by atoms with E-state index in [2.05, 4.69) is 25.2 Å². The van der Waals surface area contributed by atoms with Crippen LogP contribution in [0.25, 0.3) is 0 Å². The SMILES string of the molecule is CNC(=O)C(CCC=O)N(C=O)Cc1c(C)cccc1C(C)C. The monoisotopic (exact) mass is 318 g/mol. The quantitative estimate of drug-likeness (QED) is 0.710. The standard InChI is InChI=1S/C18H26N2O3/c1-13(2)15-8-5-7-14(3)16(15)11-20(12-22)17(9-6-10-21)18(23)19-4/h5,7-8,10,12-13,17H,6,9,11H2,1-4H3,(H,19,23). The molecule has 5 nitrogen and oxygen atoms in total. The Morgan fingerprint density at radius 3 is 2.52 bits per heavy atom. The van der Waals surface area contributed by atoms with Crippen LogP contribution in [0.1, 0.15) is 49.3 Å². The van der Waals surface area contributed by atoms with Gasteiger partial charge in [0.05, 0.1) is 0 Å². The molecule has 0 aliphatic heterocycles. The van der Waals surface area contributed by atoms with E-state index in [9.17, 15) is 14.4 Å². The minimum Gasteiger partial charge on any atom is -0.357 e. The summed E-state index contributed by atoms with van der Waals surface area (Å²) in [4.78, 5) is 35.8. The summed E-state index contributed by atoms with van der Waals surface area (Å²) in [5.74, 6) is 0.0745. The minimum atomic E-state index is -0.637. The van der Waals surface area contributed by atoms with E-state index in [-0.39, 0.29) is 12.3 Å². The van der Waals surface area contributed by atoms with Crippen molar-refractivity contribution in [1.82, 2.24) is 10.2 Å². The van der Waals surface area contributed by atoms with Crippen molar-refractivity contribution in [3.05, 3.63) is 34.9 Å². The summed E-state index contributed by atoms with van der Waals surface area (Å²) in [5.41, 5.74) is 3.33. The van der Waals surface area contributed by atoms with Crippen LogP contribution in [0.3, 0.4) is 0 Å². The second kappa shape index (κ2) is 9.08. The first-order chi connectivity index (χ1) is 11.0. The number of aldehydes is 1. The molecule has 0 radical (unpaired) electrons. The molecule has 126 valence electrons. The number of nitrogens with zero attached hydrogens (tertiary/aromatic N) is 1. The van der Waals surface area contributed by atoms with E-state index >= 15 is 0 Å². The molecular formula is C18H26N2O3. The van der Waals surface area contributed by atoms with E-state index in [1.807, 2.05) is 19.1 Å². The smallest absolute Gasteiger partial charge is 0.242 e. The summed E-state index contributed by atoms with van der Waals surface area (Å²) in [6, 6.07) is 5.42. The Hall–Kier alpha value is -2.17. The topological polar surface area (TPSA) is 66.5 Å². The summed E-state index contributed by atoms with van der Waals surface area (Å²) >= 11 is 0. The van der Waals surface area contributed by atoms with E-state index < -0.39 is 6.04 Å². The predicted molar refractivity (Wildman–Crippen MR) is 90.0 cm³/mol. The second-order valence-corrected chi connectivity index (χ2v) is 5.95. The highest BCUT2D eigenvalue weighted by molar-refractivity contribution is 5.83. The predicted octanol–water partition coefficient (Wildman–Crippen LogP) is 2.17. The summed E-state index contributed by atoms with van der Waals surface area (Å²) in [6.45, 7) is 6.57. The van der Waals surface area contributed by atoms with Crippen LogP contribution in [0.4, 0.5) is 0 Å². The van der Waals surface area contributed by atoms with Gasteiger partial charge in [-0.15, -0.1) is 0 Å². The molecule has 0 aromatic heterocycles. The van der Waals surface area contributed by atoms with Gasteiger partial charge in [-0.05, 0) is 36.0 Å². The second-order valence-electron chi connectivity index (χ2n) is 5.95. The van der Waals surface area contributed by atoms with Crippen molar-refractivity contribution in [2.75, 3.05) is 7.05 Å². The molecule has 1 aromatic carbocycles. The Kier molecular flexibility index (Phi) is 7.45. The third-order valence-electron chi connectivity index (χ3n) is 4.05. The van der Waals surface area contributed by atoms with Crippen molar-refractivity contribution in [3.63, 3.8) is 0 Å². The number of hydrogen-bond donors (Lipinski definition) is 1. The molecule has 1 unspecified atom stereocenters. The number of benzene rings is 1. The Balaban J connectivity index is 3.13. The number of hydrogen-bond acceptors (Lipinski definition) is 3. The Morgan fingerprint density at radius 2 is 2.00 bits per heavy atom. The van der Waals surface area contributed by atoms with E-state index in [0.29, 0.717) is 25.3 Å². The average Bonchev–Trinajstić information content (AvgIpc) is 2.54. The van der Waals surface area contributed by atoms with Crippen molar-refractivity contribution in [2.45, 2.75) is 52.1 Å². The molecule has 23 heavy (non-hydrogen) atoms. The van der Waals surface area contributed by atoms with Crippen molar-refractivity contribution < 1.29 is 14.4 Å². The molecule has 0 heterocycles. The number of nitrogens with one attached hydrogen (secondary N) is 1. The lowest BCUT2D eigenvalue weighted by Crippen LogP contribution is -2.45. The fraction of sp³-hybridized carbons (Fsp3) is 0.500. The number of carbonyl (C=O) groups excluding carboxylic acids is 3. The number of aryl methyl sites for hydroxylation is 1. The first-order valence-electron chi connectivity index (χ1n) is 7.90. The van der Waals surface area contributed by atoms with Gasteiger partial charge in [-0.1, -0.05) is 32.0 Å². The van der Waals surface area contributed by atoms with Gasteiger partial charge in [-0.2, -0.15) is 0 Å². The van der Waals surface area contributed by atoms with Crippen molar-refractivity contribution in [1.29, 1.82) is 0 Å². The average molecular weight is 318 g/mol. The number of likely N-dealkylation sites (N-methyl/N-ethyl adjacent to an activating group) is 1. The van der Waals surface area contributed by atoms with Crippen LogP contribution in [0.5, 0.6) is 0 Å². The summed E-state index contributed by atoms with van der Waals surface area (Å²) in [7, 11) is 1.53. The van der Waals surface area contributed by atoms with Crippen LogP contribution in [-0.2, 0) is 20.9 Å². The van der Waals surface area contributed by atoms with Crippen molar-refractivity contribution in [2.24, 2.45) is 0 Å². The summed E-state index contributed by atoms with van der Waals surface area (Å²) in [5, 5.41) is 2.57. The molecule has 0 saturated carbocycles. The fourth-order valence-electron chi connectivity index (χ4n) is 2.73. The molecule has 0 aliphatic carbocycles. The normalized spacial score (nSPS) is 11.9. The zero-order valence-electron chi connectivity index (χ0n) is 14.3. The summed E-state index contributed by atoms with van der Waals surface area (Å²) in [6.07, 6.45) is 2.03. The van der Waals surface area contributed by atoms with Gasteiger partial charge >= 0.3 is 0 Å². The van der Waals surface area contributed by atoms with Crippen molar-refractivity contribution >= 4 is 18.6 Å². The Morgan fingerprint density at radius 1 is 1.30 bits per heavy atom. The van der Waals surface area contributed by atoms with Gasteiger partial charge in [-0.25, -0.2) is 0 Å². The molecule has 5 heteroatoms. The molecule has 0 bridgehead atoms. The molecular weight excluding hydrogens is 292 g/mol. The molecule has 1 N–H and O–H groups in total.